The molecule has 3 aromatic rings. The summed E-state index contributed by atoms with van der Waals surface area (Å²) in [6, 6.07) is 19.7. The Balaban J connectivity index is 1.66. The molecule has 154 valence electrons. The second kappa shape index (κ2) is 9.93. The van der Waals surface area contributed by atoms with Gasteiger partial charge in [-0.3, -0.25) is 9.59 Å². The van der Waals surface area contributed by atoms with Crippen LogP contribution in [0.5, 0.6) is 11.5 Å². The summed E-state index contributed by atoms with van der Waals surface area (Å²) in [5.41, 5.74) is 2.73. The van der Waals surface area contributed by atoms with Crippen molar-refractivity contribution in [2.45, 2.75) is 13.5 Å². The average Bonchev–Trinajstić information content (AvgIpc) is 2.74. The first kappa shape index (κ1) is 21.4. The summed E-state index contributed by atoms with van der Waals surface area (Å²) in [6.45, 7) is 1.82. The highest BCUT2D eigenvalue weighted by Gasteiger charge is 2.12. The molecule has 0 atom stereocenters. The monoisotopic (exact) mass is 468 g/mol. The predicted octanol–water partition coefficient (Wildman–Crippen LogP) is 5.25. The summed E-state index contributed by atoms with van der Waals surface area (Å²) in [5.74, 6) is 0.596. The van der Waals surface area contributed by atoms with Crippen LogP contribution in [0.15, 0.2) is 71.2 Å². The molecular formula is C23H21BrN2O4. The van der Waals surface area contributed by atoms with Crippen molar-refractivity contribution in [2.75, 3.05) is 17.7 Å². The minimum atomic E-state index is -0.278. The maximum absolute atomic E-state index is 12.6. The van der Waals surface area contributed by atoms with Gasteiger partial charge in [-0.15, -0.1) is 0 Å². The van der Waals surface area contributed by atoms with E-state index in [1.54, 1.807) is 42.5 Å². The second-order valence-electron chi connectivity index (χ2n) is 6.49. The van der Waals surface area contributed by atoms with E-state index in [2.05, 4.69) is 26.6 Å². The molecule has 7 heteroatoms. The Morgan fingerprint density at radius 1 is 0.867 bits per heavy atom. The first-order valence-electron chi connectivity index (χ1n) is 9.19. The van der Waals surface area contributed by atoms with Crippen molar-refractivity contribution < 1.29 is 19.1 Å². The van der Waals surface area contributed by atoms with Crippen LogP contribution >= 0.6 is 15.9 Å². The Morgan fingerprint density at radius 3 is 2.10 bits per heavy atom. The summed E-state index contributed by atoms with van der Waals surface area (Å²) >= 11 is 3.41. The van der Waals surface area contributed by atoms with Crippen LogP contribution in [0.2, 0.25) is 0 Å². The number of amides is 2. The Hall–Kier alpha value is -3.32. The van der Waals surface area contributed by atoms with E-state index in [1.807, 2.05) is 24.3 Å². The van der Waals surface area contributed by atoms with Gasteiger partial charge in [-0.2, -0.15) is 0 Å². The first-order valence-corrected chi connectivity index (χ1v) is 9.98. The maximum Gasteiger partial charge on any atom is 0.255 e. The molecule has 0 aliphatic rings. The lowest BCUT2D eigenvalue weighted by Gasteiger charge is -2.13. The van der Waals surface area contributed by atoms with E-state index < -0.39 is 0 Å². The fourth-order valence-electron chi connectivity index (χ4n) is 2.71. The molecule has 0 aliphatic heterocycles. The van der Waals surface area contributed by atoms with E-state index in [1.165, 1.54) is 14.0 Å². The summed E-state index contributed by atoms with van der Waals surface area (Å²) in [4.78, 5) is 23.7. The van der Waals surface area contributed by atoms with E-state index in [0.717, 1.165) is 10.0 Å². The maximum atomic E-state index is 12.6. The Bertz CT molecular complexity index is 1030. The number of carbonyl (C=O) groups is 2. The lowest BCUT2D eigenvalue weighted by atomic mass is 10.1. The van der Waals surface area contributed by atoms with Crippen molar-refractivity contribution in [3.05, 3.63) is 82.3 Å². The normalized spacial score (nSPS) is 10.2. The van der Waals surface area contributed by atoms with Crippen molar-refractivity contribution in [3.63, 3.8) is 0 Å². The molecule has 0 spiro atoms. The summed E-state index contributed by atoms with van der Waals surface area (Å²) < 4.78 is 12.2. The Morgan fingerprint density at radius 2 is 1.50 bits per heavy atom. The fourth-order valence-corrected chi connectivity index (χ4v) is 2.98. The Kier molecular flexibility index (Phi) is 7.08. The molecule has 0 saturated carbocycles. The lowest BCUT2D eigenvalue weighted by Crippen LogP contribution is -2.12. The van der Waals surface area contributed by atoms with Crippen molar-refractivity contribution in [2.24, 2.45) is 0 Å². The van der Waals surface area contributed by atoms with Gasteiger partial charge in [0.1, 0.15) is 6.61 Å². The van der Waals surface area contributed by atoms with Gasteiger partial charge in [0.05, 0.1) is 7.11 Å². The highest BCUT2D eigenvalue weighted by Crippen LogP contribution is 2.29. The van der Waals surface area contributed by atoms with Crippen molar-refractivity contribution >= 4 is 39.1 Å². The molecule has 3 aromatic carbocycles. The van der Waals surface area contributed by atoms with Gasteiger partial charge in [-0.1, -0.05) is 28.1 Å². The molecule has 0 bridgehead atoms. The van der Waals surface area contributed by atoms with Gasteiger partial charge >= 0.3 is 0 Å². The predicted molar refractivity (Wildman–Crippen MR) is 120 cm³/mol. The minimum Gasteiger partial charge on any atom is -0.493 e. The van der Waals surface area contributed by atoms with Crippen LogP contribution in [-0.4, -0.2) is 18.9 Å². The van der Waals surface area contributed by atoms with E-state index in [4.69, 9.17) is 9.47 Å². The van der Waals surface area contributed by atoms with E-state index in [9.17, 15) is 9.59 Å². The quantitative estimate of drug-likeness (QED) is 0.496. The highest BCUT2D eigenvalue weighted by atomic mass is 79.9. The van der Waals surface area contributed by atoms with Crippen LogP contribution in [0.25, 0.3) is 0 Å². The largest absolute Gasteiger partial charge is 0.493 e. The molecule has 0 aliphatic carbocycles. The lowest BCUT2D eigenvalue weighted by molar-refractivity contribution is -0.114. The molecule has 6 nitrogen and oxygen atoms in total. The van der Waals surface area contributed by atoms with Gasteiger partial charge in [0.15, 0.2) is 11.5 Å². The molecule has 0 radical (unpaired) electrons. The fraction of sp³-hybridized carbons (Fsp3) is 0.130. The molecular weight excluding hydrogens is 448 g/mol. The number of ether oxygens (including phenoxy) is 2. The number of benzene rings is 3. The third-order valence-corrected chi connectivity index (χ3v) is 4.73. The van der Waals surface area contributed by atoms with Gasteiger partial charge in [-0.05, 0) is 60.2 Å². The summed E-state index contributed by atoms with van der Waals surface area (Å²) in [6.07, 6.45) is 0. The number of anilines is 2. The number of halogens is 1. The molecule has 2 amide bonds. The number of hydrogen-bond acceptors (Lipinski definition) is 4. The number of carbonyl (C=O) groups excluding carboxylic acids is 2. The van der Waals surface area contributed by atoms with Gasteiger partial charge in [0.2, 0.25) is 5.91 Å². The molecule has 0 saturated heterocycles. The summed E-state index contributed by atoms with van der Waals surface area (Å²) in [7, 11) is 1.53. The zero-order chi connectivity index (χ0) is 21.5. The van der Waals surface area contributed by atoms with Crippen LogP contribution in [0, 0.1) is 0 Å². The van der Waals surface area contributed by atoms with Crippen LogP contribution < -0.4 is 20.1 Å². The van der Waals surface area contributed by atoms with Gasteiger partial charge in [0, 0.05) is 28.3 Å². The van der Waals surface area contributed by atoms with Crippen molar-refractivity contribution in [3.8, 4) is 11.5 Å². The average molecular weight is 469 g/mol. The number of nitrogens with one attached hydrogen (secondary N) is 2. The molecule has 0 aromatic heterocycles. The first-order chi connectivity index (χ1) is 14.4. The third-order valence-electron chi connectivity index (χ3n) is 4.20. The summed E-state index contributed by atoms with van der Waals surface area (Å²) in [5, 5.41) is 5.50. The van der Waals surface area contributed by atoms with Crippen LogP contribution in [0.1, 0.15) is 22.8 Å². The van der Waals surface area contributed by atoms with Crippen LogP contribution in [0.4, 0.5) is 11.4 Å². The SMILES string of the molecule is COc1cc(C(=O)Nc2ccc(NC(C)=O)cc2)ccc1OCc1ccc(Br)cc1. The number of hydrogen-bond donors (Lipinski definition) is 2. The number of methoxy groups -OCH3 is 1. The Labute approximate surface area is 183 Å². The van der Waals surface area contributed by atoms with Gasteiger partial charge in [-0.25, -0.2) is 0 Å². The molecule has 2 N–H and O–H groups in total. The van der Waals surface area contributed by atoms with Crippen molar-refractivity contribution in [1.29, 1.82) is 0 Å². The second-order valence-corrected chi connectivity index (χ2v) is 7.41. The smallest absolute Gasteiger partial charge is 0.255 e. The molecule has 0 fully saturated rings. The van der Waals surface area contributed by atoms with Crippen molar-refractivity contribution in [1.82, 2.24) is 0 Å². The van der Waals surface area contributed by atoms with Gasteiger partial charge in [0.25, 0.3) is 5.91 Å². The van der Waals surface area contributed by atoms with E-state index in [-0.39, 0.29) is 11.8 Å². The molecule has 30 heavy (non-hydrogen) atoms. The number of rotatable bonds is 7. The van der Waals surface area contributed by atoms with E-state index >= 15 is 0 Å². The zero-order valence-corrected chi connectivity index (χ0v) is 18.2. The van der Waals surface area contributed by atoms with Gasteiger partial charge < -0.3 is 20.1 Å². The standard InChI is InChI=1S/C23H21BrN2O4/c1-15(27)25-19-8-10-20(11-9-19)26-23(28)17-5-12-21(22(13-17)29-2)30-14-16-3-6-18(24)7-4-16/h3-13H,14H2,1-2H3,(H,25,27)(H,26,28). The molecule has 3 rings (SSSR count). The minimum absolute atomic E-state index is 0.152. The third kappa shape index (κ3) is 5.84. The highest BCUT2D eigenvalue weighted by molar-refractivity contribution is 9.10. The van der Waals surface area contributed by atoms with Crippen LogP contribution in [-0.2, 0) is 11.4 Å². The topological polar surface area (TPSA) is 76.7 Å². The van der Waals surface area contributed by atoms with E-state index in [0.29, 0.717) is 35.0 Å². The van der Waals surface area contributed by atoms with Crippen LogP contribution in [0.3, 0.4) is 0 Å². The molecule has 0 unspecified atom stereocenters. The molecule has 0 heterocycles. The zero-order valence-electron chi connectivity index (χ0n) is 16.6.